The average Bonchev–Trinajstić information content (AvgIpc) is 2.82. The van der Waals surface area contributed by atoms with Crippen LogP contribution in [0, 0.1) is 5.92 Å². The van der Waals surface area contributed by atoms with Gasteiger partial charge < -0.3 is 5.32 Å². The first-order chi connectivity index (χ1) is 10.7. The fraction of sp³-hybridized carbons (Fsp3) is 0.562. The molecule has 2 unspecified atom stereocenters. The van der Waals surface area contributed by atoms with Crippen LogP contribution in [0.3, 0.4) is 0 Å². The maximum Gasteiger partial charge on any atom is 0.240 e. The predicted molar refractivity (Wildman–Crippen MR) is 99.5 cm³/mol. The molecule has 2 atom stereocenters. The second-order valence-electron chi connectivity index (χ2n) is 6.52. The molecule has 1 fully saturated rings. The van der Waals surface area contributed by atoms with Crippen molar-refractivity contribution in [3.63, 3.8) is 0 Å². The third-order valence-corrected chi connectivity index (χ3v) is 6.41. The molecule has 1 aliphatic carbocycles. The van der Waals surface area contributed by atoms with E-state index in [1.54, 1.807) is 12.1 Å². The molecule has 7 heteroatoms. The Morgan fingerprint density at radius 1 is 1.22 bits per heavy atom. The number of benzene rings is 1. The minimum absolute atomic E-state index is 0.0232. The topological polar surface area (TPSA) is 41.1 Å². The van der Waals surface area contributed by atoms with Gasteiger partial charge in [-0.05, 0) is 56.7 Å². The van der Waals surface area contributed by atoms with Crippen molar-refractivity contribution in [2.24, 2.45) is 5.92 Å². The Labute approximate surface area is 157 Å². The molecule has 1 aromatic rings. The van der Waals surface area contributed by atoms with Gasteiger partial charge in [-0.3, -0.25) is 4.79 Å². The average molecular weight is 396 g/mol. The highest BCUT2D eigenvalue weighted by Crippen LogP contribution is 2.36. The summed E-state index contributed by atoms with van der Waals surface area (Å²) in [5.74, 6) is 0.507. The second-order valence-corrected chi connectivity index (χ2v) is 8.58. The second kappa shape index (κ2) is 7.83. The van der Waals surface area contributed by atoms with Crippen LogP contribution in [-0.4, -0.2) is 17.5 Å². The van der Waals surface area contributed by atoms with Gasteiger partial charge in [0, 0.05) is 11.1 Å². The van der Waals surface area contributed by atoms with Crippen LogP contribution in [0.4, 0.5) is 0 Å². The van der Waals surface area contributed by atoms with E-state index in [1.807, 2.05) is 13.8 Å². The van der Waals surface area contributed by atoms with Gasteiger partial charge in [-0.25, -0.2) is 4.72 Å². The molecule has 0 heterocycles. The van der Waals surface area contributed by atoms with Crippen LogP contribution < -0.4 is 10.0 Å². The lowest BCUT2D eigenvalue weighted by molar-refractivity contribution is -0.126. The number of amides is 1. The number of carbonyl (C=O) groups excluding carboxylic acids is 1. The summed E-state index contributed by atoms with van der Waals surface area (Å²) in [7, 11) is 0. The lowest BCUT2D eigenvalue weighted by Gasteiger charge is -2.28. The van der Waals surface area contributed by atoms with Crippen LogP contribution in [0.5, 0.6) is 0 Å². The highest BCUT2D eigenvalue weighted by Gasteiger charge is 2.32. The highest BCUT2D eigenvalue weighted by atomic mass is 35.5. The largest absolute Gasteiger partial charge is 0.351 e. The number of hydrogen-bond donors (Lipinski definition) is 2. The lowest BCUT2D eigenvalue weighted by atomic mass is 10.0. The van der Waals surface area contributed by atoms with Gasteiger partial charge in [-0.2, -0.15) is 0 Å². The van der Waals surface area contributed by atoms with Crippen LogP contribution in [-0.2, 0) is 4.79 Å². The highest BCUT2D eigenvalue weighted by molar-refractivity contribution is 7.97. The van der Waals surface area contributed by atoms with Crippen molar-refractivity contribution >= 4 is 52.7 Å². The zero-order chi connectivity index (χ0) is 17.2. The minimum Gasteiger partial charge on any atom is -0.351 e. The number of hydrogen-bond acceptors (Lipinski definition) is 3. The van der Waals surface area contributed by atoms with Gasteiger partial charge >= 0.3 is 0 Å². The molecule has 128 valence electrons. The number of halogens is 3. The van der Waals surface area contributed by atoms with Crippen molar-refractivity contribution in [2.45, 2.75) is 56.5 Å². The smallest absolute Gasteiger partial charge is 0.240 e. The zero-order valence-corrected chi connectivity index (χ0v) is 16.5. The first kappa shape index (κ1) is 19.2. The molecular weight excluding hydrogens is 375 g/mol. The van der Waals surface area contributed by atoms with E-state index >= 15 is 0 Å². The molecule has 1 aliphatic rings. The summed E-state index contributed by atoms with van der Waals surface area (Å²) < 4.78 is 3.16. The van der Waals surface area contributed by atoms with Crippen LogP contribution >= 0.6 is 46.8 Å². The Bertz CT molecular complexity index is 572. The maximum absolute atomic E-state index is 12.5. The summed E-state index contributed by atoms with van der Waals surface area (Å²) in [4.78, 5) is 13.2. The van der Waals surface area contributed by atoms with Crippen molar-refractivity contribution in [2.75, 3.05) is 0 Å². The Morgan fingerprint density at radius 3 is 2.35 bits per heavy atom. The van der Waals surface area contributed by atoms with Crippen molar-refractivity contribution in [3.05, 3.63) is 27.2 Å². The number of nitrogens with one attached hydrogen (secondary N) is 2. The Hall–Kier alpha value is -0.130. The van der Waals surface area contributed by atoms with Crippen LogP contribution in [0.2, 0.25) is 15.1 Å². The van der Waals surface area contributed by atoms with Gasteiger partial charge in [-0.1, -0.05) is 48.1 Å². The van der Waals surface area contributed by atoms with E-state index in [4.69, 9.17) is 34.8 Å². The molecule has 1 aromatic carbocycles. The third kappa shape index (κ3) is 4.93. The van der Waals surface area contributed by atoms with E-state index in [0.717, 1.165) is 6.42 Å². The minimum atomic E-state index is -0.751. The van der Waals surface area contributed by atoms with Crippen molar-refractivity contribution in [3.8, 4) is 0 Å². The normalized spacial score (nSPS) is 21.5. The Morgan fingerprint density at radius 2 is 1.83 bits per heavy atom. The van der Waals surface area contributed by atoms with Gasteiger partial charge in [0.1, 0.15) is 5.54 Å². The fourth-order valence-electron chi connectivity index (χ4n) is 2.56. The summed E-state index contributed by atoms with van der Waals surface area (Å²) in [6, 6.07) is 3.52. The van der Waals surface area contributed by atoms with Gasteiger partial charge in [0.25, 0.3) is 0 Å². The van der Waals surface area contributed by atoms with E-state index in [9.17, 15) is 4.79 Å². The zero-order valence-electron chi connectivity index (χ0n) is 13.4. The van der Waals surface area contributed by atoms with Gasteiger partial charge in [0.2, 0.25) is 5.91 Å². The van der Waals surface area contributed by atoms with Crippen molar-refractivity contribution in [1.29, 1.82) is 0 Å². The van der Waals surface area contributed by atoms with Gasteiger partial charge in [0.15, 0.2) is 0 Å². The molecule has 0 aliphatic heterocycles. The molecule has 2 rings (SSSR count). The van der Waals surface area contributed by atoms with Crippen molar-refractivity contribution in [1.82, 2.24) is 10.0 Å². The molecule has 0 bridgehead atoms. The molecule has 0 aromatic heterocycles. The molecule has 1 saturated carbocycles. The molecule has 0 radical (unpaired) electrons. The van der Waals surface area contributed by atoms with E-state index < -0.39 is 5.54 Å². The van der Waals surface area contributed by atoms with Gasteiger partial charge in [-0.15, -0.1) is 0 Å². The first-order valence-electron chi connectivity index (χ1n) is 7.60. The van der Waals surface area contributed by atoms with E-state index in [-0.39, 0.29) is 11.9 Å². The van der Waals surface area contributed by atoms with Gasteiger partial charge in [0.05, 0.1) is 14.9 Å². The molecule has 0 saturated heterocycles. The van der Waals surface area contributed by atoms with E-state index in [2.05, 4.69) is 17.0 Å². The number of carbonyl (C=O) groups is 1. The molecule has 0 spiro atoms. The summed E-state index contributed by atoms with van der Waals surface area (Å²) in [6.45, 7) is 5.86. The molecule has 2 N–H and O–H groups in total. The quantitative estimate of drug-likeness (QED) is 0.662. The first-order valence-corrected chi connectivity index (χ1v) is 9.55. The van der Waals surface area contributed by atoms with Crippen LogP contribution in [0.1, 0.15) is 40.0 Å². The van der Waals surface area contributed by atoms with Crippen LogP contribution in [0.15, 0.2) is 17.0 Å². The Balaban J connectivity index is 1.99. The molecule has 3 nitrogen and oxygen atoms in total. The SMILES string of the molecule is CC1CCCC1NC(=O)C(C)(C)NSc1c(Cl)cc(Cl)cc1Cl. The summed E-state index contributed by atoms with van der Waals surface area (Å²) in [6.07, 6.45) is 3.39. The lowest BCUT2D eigenvalue weighted by Crippen LogP contribution is -2.53. The number of rotatable bonds is 5. The van der Waals surface area contributed by atoms with E-state index in [0.29, 0.717) is 25.9 Å². The van der Waals surface area contributed by atoms with Crippen LogP contribution in [0.25, 0.3) is 0 Å². The fourth-order valence-corrected chi connectivity index (χ4v) is 4.37. The Kier molecular flexibility index (Phi) is 6.54. The summed E-state index contributed by atoms with van der Waals surface area (Å²) in [5, 5.41) is 4.54. The molecule has 23 heavy (non-hydrogen) atoms. The molecular formula is C16H21Cl3N2OS. The molecule has 1 amide bonds. The predicted octanol–water partition coefficient (Wildman–Crippen LogP) is 5.33. The summed E-state index contributed by atoms with van der Waals surface area (Å²) >= 11 is 19.5. The van der Waals surface area contributed by atoms with E-state index in [1.165, 1.54) is 24.8 Å². The summed E-state index contributed by atoms with van der Waals surface area (Å²) in [5.41, 5.74) is -0.751. The standard InChI is InChI=1S/C16H21Cl3N2OS/c1-9-5-4-6-13(9)20-15(22)16(2,3)21-23-14-11(18)7-10(17)8-12(14)19/h7-9,13,21H,4-6H2,1-3H3,(H,20,22). The third-order valence-electron chi connectivity index (χ3n) is 4.12. The van der Waals surface area contributed by atoms with Crippen molar-refractivity contribution < 1.29 is 4.79 Å². The monoisotopic (exact) mass is 394 g/mol. The maximum atomic E-state index is 12.5.